The van der Waals surface area contributed by atoms with Gasteiger partial charge in [0.25, 0.3) is 0 Å². The van der Waals surface area contributed by atoms with E-state index in [1.54, 1.807) is 0 Å². The molecule has 3 heteroatoms. The van der Waals surface area contributed by atoms with E-state index in [1.807, 2.05) is 13.8 Å². The van der Waals surface area contributed by atoms with Gasteiger partial charge < -0.3 is 9.47 Å². The molecule has 0 radical (unpaired) electrons. The highest BCUT2D eigenvalue weighted by atomic mass is 16.6. The van der Waals surface area contributed by atoms with Gasteiger partial charge in [-0.05, 0) is 13.3 Å². The molecule has 0 aromatic carbocycles. The smallest absolute Gasteiger partial charge is 0.330 e. The van der Waals surface area contributed by atoms with Gasteiger partial charge in [0.1, 0.15) is 6.61 Å². The molecule has 0 N–H and O–H groups in total. The Morgan fingerprint density at radius 2 is 2.33 bits per heavy atom. The Kier molecular flexibility index (Phi) is 6.38. The van der Waals surface area contributed by atoms with Crippen LogP contribution in [0.15, 0.2) is 12.7 Å². The van der Waals surface area contributed by atoms with Crippen LogP contribution in [0.3, 0.4) is 0 Å². The predicted octanol–water partition coefficient (Wildman–Crippen LogP) is 1.53. The van der Waals surface area contributed by atoms with Crippen molar-refractivity contribution in [3.63, 3.8) is 0 Å². The third kappa shape index (κ3) is 5.92. The number of esters is 1. The van der Waals surface area contributed by atoms with Gasteiger partial charge in [0, 0.05) is 12.7 Å². The molecular formula is C9H16O3. The fourth-order valence-corrected chi connectivity index (χ4v) is 0.626. The lowest BCUT2D eigenvalue weighted by atomic mass is 10.4. The highest BCUT2D eigenvalue weighted by Gasteiger charge is 2.03. The van der Waals surface area contributed by atoms with Gasteiger partial charge in [0.2, 0.25) is 0 Å². The average Bonchev–Trinajstić information content (AvgIpc) is 2.10. The van der Waals surface area contributed by atoms with E-state index in [0.717, 1.165) is 12.5 Å². The lowest BCUT2D eigenvalue weighted by Gasteiger charge is -2.11. The molecule has 0 aliphatic heterocycles. The lowest BCUT2D eigenvalue weighted by molar-refractivity contribution is -0.141. The van der Waals surface area contributed by atoms with Crippen molar-refractivity contribution in [1.29, 1.82) is 0 Å². The van der Waals surface area contributed by atoms with Gasteiger partial charge in [-0.3, -0.25) is 0 Å². The van der Waals surface area contributed by atoms with Crippen molar-refractivity contribution in [2.24, 2.45) is 0 Å². The molecule has 70 valence electrons. The third-order valence-electron chi connectivity index (χ3n) is 1.23. The van der Waals surface area contributed by atoms with E-state index in [1.165, 1.54) is 0 Å². The molecule has 0 aliphatic carbocycles. The van der Waals surface area contributed by atoms with Crippen LogP contribution in [0.2, 0.25) is 0 Å². The highest BCUT2D eigenvalue weighted by molar-refractivity contribution is 5.81. The fourth-order valence-electron chi connectivity index (χ4n) is 0.626. The number of carbonyl (C=O) groups excluding carboxylic acids is 1. The Bertz CT molecular complexity index is 143. The molecule has 0 spiro atoms. The zero-order valence-corrected chi connectivity index (χ0v) is 7.71. The van der Waals surface area contributed by atoms with E-state index < -0.39 is 5.97 Å². The second kappa shape index (κ2) is 6.85. The molecule has 0 aromatic rings. The number of carbonyl (C=O) groups is 1. The number of hydrogen-bond acceptors (Lipinski definition) is 3. The van der Waals surface area contributed by atoms with E-state index in [0.29, 0.717) is 13.2 Å². The van der Waals surface area contributed by atoms with E-state index in [9.17, 15) is 4.79 Å². The molecule has 3 nitrogen and oxygen atoms in total. The maximum absolute atomic E-state index is 10.6. The van der Waals surface area contributed by atoms with E-state index in [4.69, 9.17) is 9.47 Å². The zero-order chi connectivity index (χ0) is 9.40. The summed E-state index contributed by atoms with van der Waals surface area (Å²) >= 11 is 0. The van der Waals surface area contributed by atoms with Crippen molar-refractivity contribution in [3.8, 4) is 0 Å². The molecule has 0 aliphatic rings. The van der Waals surface area contributed by atoms with Crippen LogP contribution in [0.4, 0.5) is 0 Å². The van der Waals surface area contributed by atoms with Crippen LogP contribution in [-0.4, -0.2) is 25.3 Å². The van der Waals surface area contributed by atoms with Crippen molar-refractivity contribution in [2.45, 2.75) is 26.4 Å². The highest BCUT2D eigenvalue weighted by Crippen LogP contribution is 1.93. The first kappa shape index (κ1) is 11.2. The van der Waals surface area contributed by atoms with E-state index in [2.05, 4.69) is 6.58 Å². The summed E-state index contributed by atoms with van der Waals surface area (Å²) in [6.45, 7) is 8.18. The topological polar surface area (TPSA) is 35.5 Å². The van der Waals surface area contributed by atoms with E-state index >= 15 is 0 Å². The minimum atomic E-state index is -0.401. The Morgan fingerprint density at radius 3 is 2.83 bits per heavy atom. The van der Waals surface area contributed by atoms with Crippen LogP contribution < -0.4 is 0 Å². The van der Waals surface area contributed by atoms with Gasteiger partial charge in [-0.1, -0.05) is 13.5 Å². The van der Waals surface area contributed by atoms with Crippen LogP contribution in [0.1, 0.15) is 20.3 Å². The van der Waals surface area contributed by atoms with Crippen molar-refractivity contribution in [3.05, 3.63) is 12.7 Å². The molecule has 12 heavy (non-hydrogen) atoms. The summed E-state index contributed by atoms with van der Waals surface area (Å²) in [5.41, 5.74) is 0. The largest absolute Gasteiger partial charge is 0.460 e. The molecule has 0 saturated carbocycles. The molecule has 0 amide bonds. The Hall–Kier alpha value is -0.830. The van der Waals surface area contributed by atoms with Gasteiger partial charge >= 0.3 is 5.97 Å². The van der Waals surface area contributed by atoms with Gasteiger partial charge in [-0.2, -0.15) is 0 Å². The number of hydrogen-bond donors (Lipinski definition) is 0. The third-order valence-corrected chi connectivity index (χ3v) is 1.23. The Balaban J connectivity index is 3.36. The summed E-state index contributed by atoms with van der Waals surface area (Å²) in [6, 6.07) is 0. The summed E-state index contributed by atoms with van der Waals surface area (Å²) < 4.78 is 10.0. The quantitative estimate of drug-likeness (QED) is 0.450. The monoisotopic (exact) mass is 172 g/mol. The standard InChI is InChI=1S/C9H16O3/c1-4-6-11-8(3)7-12-9(10)5-2/h5,8H,2,4,6-7H2,1,3H3. The lowest BCUT2D eigenvalue weighted by Crippen LogP contribution is -2.18. The molecule has 0 heterocycles. The minimum absolute atomic E-state index is 0.0335. The molecule has 0 saturated heterocycles. The summed E-state index contributed by atoms with van der Waals surface area (Å²) in [5, 5.41) is 0. The SMILES string of the molecule is C=CC(=O)OCC(C)OCCC. The molecule has 0 bridgehead atoms. The van der Waals surface area contributed by atoms with Crippen LogP contribution in [0.25, 0.3) is 0 Å². The first-order valence-electron chi connectivity index (χ1n) is 4.11. The summed E-state index contributed by atoms with van der Waals surface area (Å²) in [7, 11) is 0. The van der Waals surface area contributed by atoms with Gasteiger partial charge in [0.05, 0.1) is 6.10 Å². The minimum Gasteiger partial charge on any atom is -0.460 e. The maximum Gasteiger partial charge on any atom is 0.330 e. The summed E-state index contributed by atoms with van der Waals surface area (Å²) in [4.78, 5) is 10.6. The van der Waals surface area contributed by atoms with Crippen molar-refractivity contribution in [2.75, 3.05) is 13.2 Å². The number of rotatable bonds is 6. The second-order valence-electron chi connectivity index (χ2n) is 2.52. The van der Waals surface area contributed by atoms with Gasteiger partial charge in [-0.15, -0.1) is 0 Å². The first-order chi connectivity index (χ1) is 5.70. The molecular weight excluding hydrogens is 156 g/mol. The predicted molar refractivity (Wildman–Crippen MR) is 46.9 cm³/mol. The van der Waals surface area contributed by atoms with Crippen LogP contribution in [0, 0.1) is 0 Å². The van der Waals surface area contributed by atoms with E-state index in [-0.39, 0.29) is 6.10 Å². The van der Waals surface area contributed by atoms with Crippen molar-refractivity contribution < 1.29 is 14.3 Å². The van der Waals surface area contributed by atoms with Gasteiger partial charge in [-0.25, -0.2) is 4.79 Å². The van der Waals surface area contributed by atoms with Crippen LogP contribution >= 0.6 is 0 Å². The summed E-state index contributed by atoms with van der Waals surface area (Å²) in [6.07, 6.45) is 2.08. The normalized spacial score (nSPS) is 12.2. The first-order valence-corrected chi connectivity index (χ1v) is 4.11. The molecule has 0 aromatic heterocycles. The van der Waals surface area contributed by atoms with Crippen LogP contribution in [0.5, 0.6) is 0 Å². The molecule has 1 atom stereocenters. The average molecular weight is 172 g/mol. The maximum atomic E-state index is 10.6. The number of ether oxygens (including phenoxy) is 2. The fraction of sp³-hybridized carbons (Fsp3) is 0.667. The van der Waals surface area contributed by atoms with Gasteiger partial charge in [0.15, 0.2) is 0 Å². The second-order valence-corrected chi connectivity index (χ2v) is 2.52. The van der Waals surface area contributed by atoms with Crippen molar-refractivity contribution >= 4 is 5.97 Å². The molecule has 0 fully saturated rings. The molecule has 0 rings (SSSR count). The molecule has 1 unspecified atom stereocenters. The van der Waals surface area contributed by atoms with Crippen LogP contribution in [-0.2, 0) is 14.3 Å². The summed E-state index contributed by atoms with van der Waals surface area (Å²) in [5.74, 6) is -0.401. The Labute approximate surface area is 73.4 Å². The zero-order valence-electron chi connectivity index (χ0n) is 7.71. The Morgan fingerprint density at radius 1 is 1.67 bits per heavy atom. The van der Waals surface area contributed by atoms with Crippen molar-refractivity contribution in [1.82, 2.24) is 0 Å².